The molecule has 0 amide bonds. The molecule has 0 aliphatic rings. The second-order valence-corrected chi connectivity index (χ2v) is 6.31. The smallest absolute Gasteiger partial charge is 0.117 e. The first-order chi connectivity index (χ1) is 11.1. The molecule has 2 aromatic carbocycles. The number of rotatable bonds is 2. The number of benzene rings is 2. The number of allylic oxidation sites excluding steroid dienone is 1. The number of nitrogens with zero attached hydrogens (tertiary/aromatic N) is 2. The van der Waals surface area contributed by atoms with Crippen LogP contribution in [0.4, 0.5) is 5.69 Å². The summed E-state index contributed by atoms with van der Waals surface area (Å²) in [7, 11) is 4.03. The Morgan fingerprint density at radius 1 is 1.13 bits per heavy atom. The summed E-state index contributed by atoms with van der Waals surface area (Å²) in [6.45, 7) is 0. The van der Waals surface area contributed by atoms with Gasteiger partial charge in [-0.15, -0.1) is 11.3 Å². The number of hydrogen-bond acceptors (Lipinski definition) is 4. The van der Waals surface area contributed by atoms with Crippen molar-refractivity contribution in [3.63, 3.8) is 0 Å². The van der Waals surface area contributed by atoms with Gasteiger partial charge in [-0.3, -0.25) is 0 Å². The number of phenols is 1. The van der Waals surface area contributed by atoms with Gasteiger partial charge in [0.2, 0.25) is 0 Å². The van der Waals surface area contributed by atoms with Crippen LogP contribution >= 0.6 is 11.3 Å². The maximum absolute atomic E-state index is 9.47. The van der Waals surface area contributed by atoms with E-state index < -0.39 is 0 Å². The first kappa shape index (κ1) is 15.1. The zero-order valence-electron chi connectivity index (χ0n) is 12.9. The van der Waals surface area contributed by atoms with Gasteiger partial charge in [-0.2, -0.15) is 0 Å². The number of thiazole rings is 1. The Morgan fingerprint density at radius 3 is 2.65 bits per heavy atom. The normalized spacial score (nSPS) is 10.7. The first-order valence-corrected chi connectivity index (χ1v) is 7.98. The van der Waals surface area contributed by atoms with Crippen molar-refractivity contribution in [2.24, 2.45) is 0 Å². The average Bonchev–Trinajstić information content (AvgIpc) is 2.94. The summed E-state index contributed by atoms with van der Waals surface area (Å²) in [6, 6.07) is 13.3. The van der Waals surface area contributed by atoms with E-state index in [0.717, 1.165) is 26.5 Å². The van der Waals surface area contributed by atoms with Crippen molar-refractivity contribution in [2.45, 2.75) is 0 Å². The minimum atomic E-state index is 0.262. The van der Waals surface area contributed by atoms with Gasteiger partial charge in [0.1, 0.15) is 10.8 Å². The number of aromatic hydroxyl groups is 1. The lowest BCUT2D eigenvalue weighted by Gasteiger charge is -2.11. The van der Waals surface area contributed by atoms with Crippen LogP contribution < -0.4 is 4.90 Å². The number of hydrogen-bond donors (Lipinski definition) is 1. The monoisotopic (exact) mass is 320 g/mol. The molecular weight excluding hydrogens is 304 g/mol. The molecule has 3 aromatic rings. The van der Waals surface area contributed by atoms with E-state index >= 15 is 0 Å². The van der Waals surface area contributed by atoms with E-state index in [4.69, 9.17) is 0 Å². The van der Waals surface area contributed by atoms with Gasteiger partial charge in [0, 0.05) is 25.3 Å². The molecule has 114 valence electrons. The molecule has 0 spiro atoms. The summed E-state index contributed by atoms with van der Waals surface area (Å²) < 4.78 is 0.969. The molecule has 0 unspecified atom stereocenters. The van der Waals surface area contributed by atoms with Crippen LogP contribution in [0.2, 0.25) is 0 Å². The molecule has 0 atom stereocenters. The van der Waals surface area contributed by atoms with Crippen LogP contribution in [0.15, 0.2) is 48.5 Å². The predicted molar refractivity (Wildman–Crippen MR) is 98.0 cm³/mol. The van der Waals surface area contributed by atoms with Crippen LogP contribution in [0, 0.1) is 11.8 Å². The van der Waals surface area contributed by atoms with Crippen molar-refractivity contribution in [3.05, 3.63) is 59.1 Å². The van der Waals surface area contributed by atoms with E-state index in [1.165, 1.54) is 11.3 Å². The van der Waals surface area contributed by atoms with Crippen molar-refractivity contribution < 1.29 is 5.11 Å². The Kier molecular flexibility index (Phi) is 4.31. The predicted octanol–water partition coefficient (Wildman–Crippen LogP) is 4.13. The Hall–Kier alpha value is -2.77. The van der Waals surface area contributed by atoms with Crippen LogP contribution in [-0.2, 0) is 0 Å². The molecular formula is C19H16N2OS. The maximum Gasteiger partial charge on any atom is 0.117 e. The highest BCUT2D eigenvalue weighted by molar-refractivity contribution is 7.19. The van der Waals surface area contributed by atoms with Crippen molar-refractivity contribution in [1.29, 1.82) is 0 Å². The SMILES string of the molecule is CN(C)c1ccc(C#CC=Cc2nc3ccc(O)cc3s2)cc1. The lowest BCUT2D eigenvalue weighted by molar-refractivity contribution is 0.476. The number of anilines is 1. The van der Waals surface area contributed by atoms with Gasteiger partial charge in [-0.25, -0.2) is 4.98 Å². The highest BCUT2D eigenvalue weighted by Crippen LogP contribution is 2.26. The molecule has 3 nitrogen and oxygen atoms in total. The van der Waals surface area contributed by atoms with Gasteiger partial charge in [0.25, 0.3) is 0 Å². The van der Waals surface area contributed by atoms with Gasteiger partial charge in [-0.05, 0) is 54.6 Å². The molecule has 0 radical (unpaired) electrons. The fourth-order valence-electron chi connectivity index (χ4n) is 2.08. The zero-order chi connectivity index (χ0) is 16.2. The van der Waals surface area contributed by atoms with E-state index in [0.29, 0.717) is 0 Å². The summed E-state index contributed by atoms with van der Waals surface area (Å²) in [4.78, 5) is 6.53. The zero-order valence-corrected chi connectivity index (χ0v) is 13.8. The maximum atomic E-state index is 9.47. The van der Waals surface area contributed by atoms with E-state index in [1.54, 1.807) is 18.2 Å². The fourth-order valence-corrected chi connectivity index (χ4v) is 2.99. The van der Waals surface area contributed by atoms with E-state index in [1.807, 2.05) is 50.5 Å². The molecule has 0 fully saturated rings. The Balaban J connectivity index is 1.73. The lowest BCUT2D eigenvalue weighted by Crippen LogP contribution is -2.07. The van der Waals surface area contributed by atoms with Gasteiger partial charge >= 0.3 is 0 Å². The minimum Gasteiger partial charge on any atom is -0.508 e. The lowest BCUT2D eigenvalue weighted by atomic mass is 10.2. The van der Waals surface area contributed by atoms with Crippen LogP contribution in [-0.4, -0.2) is 24.2 Å². The molecule has 0 aliphatic carbocycles. The standard InChI is InChI=1S/C19H16N2OS/c1-21(2)15-9-7-14(8-10-15)5-3-4-6-19-20-17-12-11-16(22)13-18(17)23-19/h4,6-13,22H,1-2H3. The second-order valence-electron chi connectivity index (χ2n) is 5.25. The third-order valence-corrected chi connectivity index (χ3v) is 4.28. The number of aromatic nitrogens is 1. The summed E-state index contributed by atoms with van der Waals surface area (Å²) in [6.07, 6.45) is 3.69. The highest BCUT2D eigenvalue weighted by atomic mass is 32.1. The molecule has 0 saturated heterocycles. The van der Waals surface area contributed by atoms with Crippen molar-refractivity contribution in [2.75, 3.05) is 19.0 Å². The van der Waals surface area contributed by atoms with Crippen molar-refractivity contribution in [1.82, 2.24) is 4.98 Å². The largest absolute Gasteiger partial charge is 0.508 e. The van der Waals surface area contributed by atoms with Crippen LogP contribution in [0.5, 0.6) is 5.75 Å². The first-order valence-electron chi connectivity index (χ1n) is 7.17. The molecule has 3 rings (SSSR count). The third kappa shape index (κ3) is 3.71. The Morgan fingerprint density at radius 2 is 1.91 bits per heavy atom. The quantitative estimate of drug-likeness (QED) is 0.721. The summed E-state index contributed by atoms with van der Waals surface area (Å²) in [5.74, 6) is 6.39. The van der Waals surface area contributed by atoms with Crippen molar-refractivity contribution >= 4 is 33.3 Å². The molecule has 0 aliphatic heterocycles. The fraction of sp³-hybridized carbons (Fsp3) is 0.105. The molecule has 23 heavy (non-hydrogen) atoms. The highest BCUT2D eigenvalue weighted by Gasteiger charge is 2.01. The van der Waals surface area contributed by atoms with Crippen LogP contribution in [0.3, 0.4) is 0 Å². The molecule has 0 bridgehead atoms. The number of phenolic OH excluding ortho intramolecular Hbond substituents is 1. The molecule has 1 N–H and O–H groups in total. The Labute approximate surface area is 139 Å². The van der Waals surface area contributed by atoms with Crippen LogP contribution in [0.25, 0.3) is 16.3 Å². The van der Waals surface area contributed by atoms with Gasteiger partial charge in [0.05, 0.1) is 10.2 Å². The van der Waals surface area contributed by atoms with E-state index in [9.17, 15) is 5.11 Å². The van der Waals surface area contributed by atoms with Crippen LogP contribution in [0.1, 0.15) is 10.6 Å². The van der Waals surface area contributed by atoms with E-state index in [2.05, 4.69) is 21.7 Å². The number of fused-ring (bicyclic) bond motifs is 1. The Bertz CT molecular complexity index is 912. The van der Waals surface area contributed by atoms with Gasteiger partial charge < -0.3 is 10.0 Å². The van der Waals surface area contributed by atoms with Gasteiger partial charge in [-0.1, -0.05) is 11.8 Å². The third-order valence-electron chi connectivity index (χ3n) is 3.30. The second kappa shape index (κ2) is 6.55. The molecule has 1 aromatic heterocycles. The molecule has 1 heterocycles. The summed E-state index contributed by atoms with van der Waals surface area (Å²) >= 11 is 1.53. The topological polar surface area (TPSA) is 36.4 Å². The minimum absolute atomic E-state index is 0.262. The molecule has 0 saturated carbocycles. The van der Waals surface area contributed by atoms with Crippen molar-refractivity contribution in [3.8, 4) is 17.6 Å². The van der Waals surface area contributed by atoms with Gasteiger partial charge in [0.15, 0.2) is 0 Å². The molecule has 4 heteroatoms. The summed E-state index contributed by atoms with van der Waals surface area (Å²) in [5.41, 5.74) is 3.03. The average molecular weight is 320 g/mol. The summed E-state index contributed by atoms with van der Waals surface area (Å²) in [5, 5.41) is 10.3. The van der Waals surface area contributed by atoms with E-state index in [-0.39, 0.29) is 5.75 Å².